The molecule has 1 aromatic rings. The van der Waals surface area contributed by atoms with Gasteiger partial charge in [0.2, 0.25) is 5.96 Å². The molecule has 0 spiro atoms. The molecular formula is C9H8BrF3N6O2. The number of rotatable bonds is 2. The predicted octanol–water partition coefficient (Wildman–Crippen LogP) is 1.60. The average Bonchev–Trinajstić information content (AvgIpc) is 2.28. The van der Waals surface area contributed by atoms with Gasteiger partial charge in [-0.25, -0.2) is 4.99 Å². The molecule has 0 saturated heterocycles. The molecule has 0 bridgehead atoms. The number of nitro benzene ring substituents is 1. The van der Waals surface area contributed by atoms with Crippen LogP contribution >= 0.6 is 15.9 Å². The number of nitrogens with zero attached hydrogens (tertiary/aromatic N) is 3. The summed E-state index contributed by atoms with van der Waals surface area (Å²) in [4.78, 5) is 16.7. The summed E-state index contributed by atoms with van der Waals surface area (Å²) < 4.78 is 37.6. The number of alkyl halides is 3. The maximum absolute atomic E-state index is 12.6. The van der Waals surface area contributed by atoms with Gasteiger partial charge in [-0.3, -0.25) is 10.1 Å². The van der Waals surface area contributed by atoms with Gasteiger partial charge in [-0.05, 0) is 22.0 Å². The molecule has 0 saturated carbocycles. The number of hydrogen-bond acceptors (Lipinski definition) is 3. The lowest BCUT2D eigenvalue weighted by atomic mass is 10.1. The number of guanidine groups is 2. The largest absolute Gasteiger partial charge is 0.416 e. The third kappa shape index (κ3) is 4.30. The topological polar surface area (TPSA) is 146 Å². The quantitative estimate of drug-likeness (QED) is 0.314. The molecule has 8 nitrogen and oxygen atoms in total. The van der Waals surface area contributed by atoms with Crippen LogP contribution in [0, 0.1) is 10.1 Å². The number of halogens is 4. The lowest BCUT2D eigenvalue weighted by molar-refractivity contribution is -0.384. The van der Waals surface area contributed by atoms with Gasteiger partial charge < -0.3 is 17.2 Å². The molecule has 0 aliphatic heterocycles. The molecule has 114 valence electrons. The summed E-state index contributed by atoms with van der Waals surface area (Å²) in [5.74, 6) is -1.000. The van der Waals surface area contributed by atoms with E-state index in [0.29, 0.717) is 12.1 Å². The van der Waals surface area contributed by atoms with Crippen LogP contribution in [0.5, 0.6) is 0 Å². The van der Waals surface area contributed by atoms with Gasteiger partial charge in [0.1, 0.15) is 0 Å². The molecule has 0 aliphatic rings. The van der Waals surface area contributed by atoms with Crippen LogP contribution in [0.25, 0.3) is 0 Å². The molecule has 0 fully saturated rings. The Balaban J connectivity index is 3.53. The summed E-state index contributed by atoms with van der Waals surface area (Å²) in [6, 6.07) is 0.973. The molecule has 6 N–H and O–H groups in total. The zero-order valence-electron chi connectivity index (χ0n) is 10.1. The molecule has 1 aromatic carbocycles. The Hall–Kier alpha value is -2.37. The monoisotopic (exact) mass is 368 g/mol. The van der Waals surface area contributed by atoms with E-state index in [-0.39, 0.29) is 4.47 Å². The highest BCUT2D eigenvalue weighted by molar-refractivity contribution is 9.10. The van der Waals surface area contributed by atoms with Crippen molar-refractivity contribution in [2.24, 2.45) is 27.2 Å². The molecular weight excluding hydrogens is 361 g/mol. The highest BCUT2D eigenvalue weighted by Crippen LogP contribution is 2.41. The van der Waals surface area contributed by atoms with Gasteiger partial charge in [-0.15, -0.1) is 0 Å². The summed E-state index contributed by atoms with van der Waals surface area (Å²) in [6.07, 6.45) is -4.75. The van der Waals surface area contributed by atoms with Crippen LogP contribution in [0.4, 0.5) is 24.5 Å². The van der Waals surface area contributed by atoms with E-state index in [4.69, 9.17) is 17.2 Å². The van der Waals surface area contributed by atoms with E-state index in [1.165, 1.54) is 0 Å². The van der Waals surface area contributed by atoms with Crippen LogP contribution in [-0.4, -0.2) is 16.8 Å². The normalized spacial score (nSPS) is 12.1. The van der Waals surface area contributed by atoms with E-state index < -0.39 is 40.0 Å². The van der Waals surface area contributed by atoms with E-state index in [0.717, 1.165) is 0 Å². The molecule has 0 aromatic heterocycles. The van der Waals surface area contributed by atoms with Crippen molar-refractivity contribution in [1.82, 2.24) is 0 Å². The number of nitro groups is 1. The summed E-state index contributed by atoms with van der Waals surface area (Å²) in [5.41, 5.74) is 12.8. The Morgan fingerprint density at radius 3 is 2.29 bits per heavy atom. The third-order valence-electron chi connectivity index (χ3n) is 2.04. The van der Waals surface area contributed by atoms with Crippen molar-refractivity contribution >= 4 is 39.2 Å². The molecule has 12 heteroatoms. The summed E-state index contributed by atoms with van der Waals surface area (Å²) in [7, 11) is 0. The number of hydrogen-bond donors (Lipinski definition) is 3. The number of nitrogens with two attached hydrogens (primary N) is 3. The van der Waals surface area contributed by atoms with Gasteiger partial charge in [-0.1, -0.05) is 0 Å². The molecule has 1 rings (SSSR count). The minimum atomic E-state index is -4.75. The van der Waals surface area contributed by atoms with Crippen molar-refractivity contribution in [2.45, 2.75) is 6.18 Å². The second-order valence-corrected chi connectivity index (χ2v) is 4.44. The van der Waals surface area contributed by atoms with Crippen LogP contribution in [0.1, 0.15) is 5.56 Å². The van der Waals surface area contributed by atoms with Crippen molar-refractivity contribution in [3.05, 3.63) is 32.3 Å². The first-order chi connectivity index (χ1) is 9.52. The fourth-order valence-corrected chi connectivity index (χ4v) is 1.81. The Labute approximate surface area is 123 Å². The number of aliphatic imine (C=N–C) groups is 2. The van der Waals surface area contributed by atoms with Gasteiger partial charge in [-0.2, -0.15) is 18.2 Å². The first-order valence-corrected chi connectivity index (χ1v) is 5.80. The lowest BCUT2D eigenvalue weighted by Crippen LogP contribution is -2.26. The second kappa shape index (κ2) is 5.95. The predicted molar refractivity (Wildman–Crippen MR) is 72.9 cm³/mol. The fourth-order valence-electron chi connectivity index (χ4n) is 1.27. The Bertz CT molecular complexity index is 639. The average molecular weight is 369 g/mol. The van der Waals surface area contributed by atoms with E-state index in [2.05, 4.69) is 25.9 Å². The van der Waals surface area contributed by atoms with Crippen molar-refractivity contribution in [2.75, 3.05) is 0 Å². The minimum absolute atomic E-state index is 0.280. The zero-order chi connectivity index (χ0) is 16.4. The maximum atomic E-state index is 12.6. The van der Waals surface area contributed by atoms with Crippen LogP contribution in [0.2, 0.25) is 0 Å². The highest BCUT2D eigenvalue weighted by Gasteiger charge is 2.34. The van der Waals surface area contributed by atoms with Crippen molar-refractivity contribution in [3.63, 3.8) is 0 Å². The molecule has 0 heterocycles. The zero-order valence-corrected chi connectivity index (χ0v) is 11.6. The van der Waals surface area contributed by atoms with E-state index >= 15 is 0 Å². The van der Waals surface area contributed by atoms with Crippen LogP contribution in [0.3, 0.4) is 0 Å². The van der Waals surface area contributed by atoms with Crippen LogP contribution in [0.15, 0.2) is 26.6 Å². The van der Waals surface area contributed by atoms with Gasteiger partial charge >= 0.3 is 6.18 Å². The maximum Gasteiger partial charge on any atom is 0.416 e. The van der Waals surface area contributed by atoms with E-state index in [9.17, 15) is 23.3 Å². The third-order valence-corrected chi connectivity index (χ3v) is 2.64. The lowest BCUT2D eigenvalue weighted by Gasteiger charge is -2.09. The standard InChI is InChI=1S/C9H8BrF3N6O2/c10-4-1-3(9(11,12)13)2-5(19(20)21)6(4)17-8(16)18-7(14)15/h1-2H,(H6,14,15,16,17,18). The van der Waals surface area contributed by atoms with Gasteiger partial charge in [0.15, 0.2) is 11.6 Å². The van der Waals surface area contributed by atoms with E-state index in [1.807, 2.05) is 0 Å². The molecule has 0 unspecified atom stereocenters. The van der Waals surface area contributed by atoms with Crippen LogP contribution in [-0.2, 0) is 6.18 Å². The minimum Gasteiger partial charge on any atom is -0.370 e. The Kier molecular flexibility index (Phi) is 4.73. The molecule has 0 aliphatic carbocycles. The van der Waals surface area contributed by atoms with Crippen molar-refractivity contribution < 1.29 is 18.1 Å². The molecule has 0 radical (unpaired) electrons. The second-order valence-electron chi connectivity index (χ2n) is 3.59. The van der Waals surface area contributed by atoms with Crippen LogP contribution < -0.4 is 17.2 Å². The smallest absolute Gasteiger partial charge is 0.370 e. The van der Waals surface area contributed by atoms with Gasteiger partial charge in [0.25, 0.3) is 5.69 Å². The summed E-state index contributed by atoms with van der Waals surface area (Å²) >= 11 is 2.78. The van der Waals surface area contributed by atoms with Crippen molar-refractivity contribution in [1.29, 1.82) is 0 Å². The molecule has 21 heavy (non-hydrogen) atoms. The van der Waals surface area contributed by atoms with Gasteiger partial charge in [0, 0.05) is 6.07 Å². The SMILES string of the molecule is NC(N)=NC(N)=Nc1c(Br)cc(C(F)(F)F)cc1[N+](=O)[O-]. The molecule has 0 amide bonds. The first kappa shape index (κ1) is 16.7. The summed E-state index contributed by atoms with van der Waals surface area (Å²) in [6.45, 7) is 0. The van der Waals surface area contributed by atoms with Crippen molar-refractivity contribution in [3.8, 4) is 0 Å². The molecule has 0 atom stereocenters. The highest BCUT2D eigenvalue weighted by atomic mass is 79.9. The Morgan fingerprint density at radius 2 is 1.86 bits per heavy atom. The first-order valence-electron chi connectivity index (χ1n) is 5.01. The number of benzene rings is 1. The fraction of sp³-hybridized carbons (Fsp3) is 0.111. The van der Waals surface area contributed by atoms with Gasteiger partial charge in [0.05, 0.1) is 15.0 Å². The van der Waals surface area contributed by atoms with E-state index in [1.54, 1.807) is 0 Å². The summed E-state index contributed by atoms with van der Waals surface area (Å²) in [5, 5.41) is 10.9. The Morgan fingerprint density at radius 1 is 1.29 bits per heavy atom.